The van der Waals surface area contributed by atoms with Gasteiger partial charge in [-0.05, 0) is 0 Å². The van der Waals surface area contributed by atoms with E-state index in [1.54, 1.807) is 6.20 Å². The van der Waals surface area contributed by atoms with Gasteiger partial charge in [0.15, 0.2) is 0 Å². The van der Waals surface area contributed by atoms with Crippen LogP contribution in [0, 0.1) is 5.92 Å². The summed E-state index contributed by atoms with van der Waals surface area (Å²) in [5.41, 5.74) is 11.5. The van der Waals surface area contributed by atoms with Crippen molar-refractivity contribution in [3.8, 4) is 0 Å². The third-order valence-electron chi connectivity index (χ3n) is 2.40. The highest BCUT2D eigenvalue weighted by Gasteiger charge is 2.56. The molecule has 0 aliphatic heterocycles. The van der Waals surface area contributed by atoms with E-state index in [-0.39, 0.29) is 13.0 Å². The van der Waals surface area contributed by atoms with Crippen molar-refractivity contribution in [1.29, 1.82) is 0 Å². The van der Waals surface area contributed by atoms with Crippen LogP contribution in [0.3, 0.4) is 0 Å². The Kier molecular flexibility index (Phi) is 2.04. The second-order valence-corrected chi connectivity index (χ2v) is 3.68. The molecule has 1 saturated carbocycles. The van der Waals surface area contributed by atoms with E-state index < -0.39 is 18.0 Å². The second-order valence-electron chi connectivity index (χ2n) is 3.68. The van der Waals surface area contributed by atoms with Gasteiger partial charge in [-0.1, -0.05) is 0 Å². The summed E-state index contributed by atoms with van der Waals surface area (Å²) in [7, 11) is 0. The van der Waals surface area contributed by atoms with Crippen LogP contribution in [0.1, 0.15) is 18.2 Å². The molecule has 0 saturated heterocycles. The Hall–Kier alpha value is -1.01. The Morgan fingerprint density at radius 2 is 2.29 bits per heavy atom. The number of hydrogen-bond donors (Lipinski definition) is 2. The smallest absolute Gasteiger partial charge is 0.253 e. The molecule has 1 aliphatic carbocycles. The van der Waals surface area contributed by atoms with Gasteiger partial charge in [0.1, 0.15) is 0 Å². The van der Waals surface area contributed by atoms with E-state index in [1.165, 1.54) is 10.9 Å². The van der Waals surface area contributed by atoms with Crippen molar-refractivity contribution in [3.05, 3.63) is 18.0 Å². The van der Waals surface area contributed by atoms with Crippen LogP contribution < -0.4 is 11.5 Å². The molecule has 4 nitrogen and oxygen atoms in total. The second kappa shape index (κ2) is 2.99. The molecule has 0 spiro atoms. The molecule has 1 aromatic heterocycles. The Balaban J connectivity index is 1.98. The first-order valence-corrected chi connectivity index (χ1v) is 4.40. The number of hydrogen-bond acceptors (Lipinski definition) is 3. The summed E-state index contributed by atoms with van der Waals surface area (Å²) in [5, 5.41) is 3.91. The van der Waals surface area contributed by atoms with Crippen LogP contribution in [-0.4, -0.2) is 15.7 Å². The average Bonchev–Trinajstić information content (AvgIpc) is 2.51. The molecule has 1 aromatic rings. The van der Waals surface area contributed by atoms with Crippen molar-refractivity contribution in [2.75, 3.05) is 0 Å². The molecule has 0 amide bonds. The van der Waals surface area contributed by atoms with Gasteiger partial charge in [-0.15, -0.1) is 0 Å². The molecule has 1 fully saturated rings. The van der Waals surface area contributed by atoms with Gasteiger partial charge in [0.25, 0.3) is 5.92 Å². The van der Waals surface area contributed by atoms with Gasteiger partial charge in [-0.25, -0.2) is 8.78 Å². The van der Waals surface area contributed by atoms with Crippen molar-refractivity contribution in [1.82, 2.24) is 9.78 Å². The van der Waals surface area contributed by atoms with E-state index >= 15 is 0 Å². The summed E-state index contributed by atoms with van der Waals surface area (Å²) in [5.74, 6) is -3.08. The minimum absolute atomic E-state index is 0.0448. The predicted octanol–water partition coefficient (Wildman–Crippen LogP) is 0.454. The first-order chi connectivity index (χ1) is 6.49. The number of nitrogens with two attached hydrogens (primary N) is 2. The number of aromatic nitrogens is 2. The fraction of sp³-hybridized carbons (Fsp3) is 0.625. The summed E-state index contributed by atoms with van der Waals surface area (Å²) in [6.07, 6.45) is 2.48. The van der Waals surface area contributed by atoms with Gasteiger partial charge < -0.3 is 11.5 Å². The highest BCUT2D eigenvalue weighted by molar-refractivity contribution is 5.08. The molecular formula is C8H12F2N4. The molecule has 0 aromatic carbocycles. The Morgan fingerprint density at radius 1 is 1.64 bits per heavy atom. The zero-order valence-corrected chi connectivity index (χ0v) is 7.53. The number of nitrogens with zero attached hydrogens (tertiary/aromatic N) is 2. The molecular weight excluding hydrogens is 190 g/mol. The van der Waals surface area contributed by atoms with Gasteiger partial charge in [0.05, 0.1) is 12.4 Å². The maximum Gasteiger partial charge on any atom is 0.253 e. The first-order valence-electron chi connectivity index (χ1n) is 4.40. The molecule has 1 heterocycles. The standard InChI is InChI=1S/C8H12F2N4/c9-8(10)1-6(8)4-14-3-5(2-13-14)7(11)12/h2-3,6-7H,1,4,11-12H2. The summed E-state index contributed by atoms with van der Waals surface area (Å²) in [4.78, 5) is 0. The third-order valence-corrected chi connectivity index (χ3v) is 2.40. The number of rotatable bonds is 3. The van der Waals surface area contributed by atoms with Crippen LogP contribution in [0.4, 0.5) is 8.78 Å². The molecule has 0 bridgehead atoms. The van der Waals surface area contributed by atoms with Crippen molar-refractivity contribution in [2.24, 2.45) is 17.4 Å². The number of alkyl halides is 2. The predicted molar refractivity (Wildman–Crippen MR) is 46.4 cm³/mol. The summed E-state index contributed by atoms with van der Waals surface area (Å²) >= 11 is 0. The van der Waals surface area contributed by atoms with Crippen LogP contribution >= 0.6 is 0 Å². The van der Waals surface area contributed by atoms with E-state index in [4.69, 9.17) is 11.5 Å². The van der Waals surface area contributed by atoms with Gasteiger partial charge in [-0.2, -0.15) is 5.10 Å². The number of halogens is 2. The lowest BCUT2D eigenvalue weighted by molar-refractivity contribution is 0.0942. The zero-order chi connectivity index (χ0) is 10.3. The Bertz CT molecular complexity index is 334. The maximum atomic E-state index is 12.6. The Morgan fingerprint density at radius 3 is 2.71 bits per heavy atom. The van der Waals surface area contributed by atoms with Crippen molar-refractivity contribution in [2.45, 2.75) is 25.1 Å². The fourth-order valence-electron chi connectivity index (χ4n) is 1.35. The van der Waals surface area contributed by atoms with Gasteiger partial charge in [-0.3, -0.25) is 4.68 Å². The quantitative estimate of drug-likeness (QED) is 0.699. The average molecular weight is 202 g/mol. The lowest BCUT2D eigenvalue weighted by Gasteiger charge is -2.00. The van der Waals surface area contributed by atoms with Crippen LogP contribution in [0.15, 0.2) is 12.4 Å². The molecule has 1 atom stereocenters. The van der Waals surface area contributed by atoms with Crippen LogP contribution in [0.5, 0.6) is 0 Å². The van der Waals surface area contributed by atoms with E-state index in [2.05, 4.69) is 5.10 Å². The third kappa shape index (κ3) is 1.76. The minimum atomic E-state index is -2.50. The lowest BCUT2D eigenvalue weighted by Crippen LogP contribution is -2.19. The maximum absolute atomic E-state index is 12.6. The molecule has 4 N–H and O–H groups in total. The molecule has 78 valence electrons. The van der Waals surface area contributed by atoms with Crippen molar-refractivity contribution >= 4 is 0 Å². The summed E-state index contributed by atoms with van der Waals surface area (Å²) < 4.78 is 26.6. The molecule has 6 heteroatoms. The highest BCUT2D eigenvalue weighted by atomic mass is 19.3. The van der Waals surface area contributed by atoms with Crippen LogP contribution in [0.25, 0.3) is 0 Å². The first kappa shape index (κ1) is 9.54. The van der Waals surface area contributed by atoms with Gasteiger partial charge >= 0.3 is 0 Å². The molecule has 1 unspecified atom stereocenters. The summed E-state index contributed by atoms with van der Waals surface area (Å²) in [6, 6.07) is 0. The van der Waals surface area contributed by atoms with Crippen molar-refractivity contribution in [3.63, 3.8) is 0 Å². The van der Waals surface area contributed by atoms with Crippen LogP contribution in [0.2, 0.25) is 0 Å². The van der Waals surface area contributed by atoms with E-state index in [1.807, 2.05) is 0 Å². The lowest BCUT2D eigenvalue weighted by atomic mass is 10.3. The van der Waals surface area contributed by atoms with E-state index in [0.717, 1.165) is 0 Å². The van der Waals surface area contributed by atoms with Gasteiger partial charge in [0.2, 0.25) is 0 Å². The topological polar surface area (TPSA) is 69.9 Å². The largest absolute Gasteiger partial charge is 0.312 e. The SMILES string of the molecule is NC(N)c1cnn(CC2CC2(F)F)c1. The Labute approximate surface area is 79.9 Å². The minimum Gasteiger partial charge on any atom is -0.312 e. The molecule has 1 aliphatic rings. The van der Waals surface area contributed by atoms with Gasteiger partial charge in [0, 0.05) is 30.6 Å². The van der Waals surface area contributed by atoms with Crippen molar-refractivity contribution < 1.29 is 8.78 Å². The highest BCUT2D eigenvalue weighted by Crippen LogP contribution is 2.49. The zero-order valence-electron chi connectivity index (χ0n) is 7.53. The molecule has 0 radical (unpaired) electrons. The monoisotopic (exact) mass is 202 g/mol. The van der Waals surface area contributed by atoms with E-state index in [0.29, 0.717) is 5.56 Å². The van der Waals surface area contributed by atoms with E-state index in [9.17, 15) is 8.78 Å². The molecule has 2 rings (SSSR count). The van der Waals surface area contributed by atoms with Crippen LogP contribution in [-0.2, 0) is 6.54 Å². The normalized spacial score (nSPS) is 24.2. The molecule has 14 heavy (non-hydrogen) atoms. The summed E-state index contributed by atoms with van der Waals surface area (Å²) in [6.45, 7) is 0.236. The fourth-order valence-corrected chi connectivity index (χ4v) is 1.35.